The lowest BCUT2D eigenvalue weighted by atomic mass is 10.1. The third-order valence-corrected chi connectivity index (χ3v) is 4.85. The van der Waals surface area contributed by atoms with E-state index in [1.165, 1.54) is 28.5 Å². The summed E-state index contributed by atoms with van der Waals surface area (Å²) in [5, 5.41) is 7.22. The van der Waals surface area contributed by atoms with Crippen LogP contribution in [-0.2, 0) is 6.54 Å². The van der Waals surface area contributed by atoms with Gasteiger partial charge in [0.25, 0.3) is 0 Å². The minimum atomic E-state index is 0.241. The van der Waals surface area contributed by atoms with E-state index in [0.717, 1.165) is 12.4 Å². The van der Waals surface area contributed by atoms with Crippen molar-refractivity contribution in [3.8, 4) is 0 Å². The molecule has 1 nitrogen and oxygen atoms in total. The molecule has 1 saturated carbocycles. The van der Waals surface area contributed by atoms with Crippen LogP contribution in [0.3, 0.4) is 0 Å². The standard InChI is InChI=1S/C13H14ClNS/c14-9-13(5-6-13)15-7-10-8-16-12-4-2-1-3-11(10)12/h1-4,8,15H,5-7,9H2. The zero-order valence-electron chi connectivity index (χ0n) is 9.00. The molecule has 3 rings (SSSR count). The Bertz CT molecular complexity index is 501. The van der Waals surface area contributed by atoms with Crippen LogP contribution in [0.2, 0.25) is 0 Å². The lowest BCUT2D eigenvalue weighted by Gasteiger charge is -2.13. The van der Waals surface area contributed by atoms with E-state index >= 15 is 0 Å². The van der Waals surface area contributed by atoms with Crippen LogP contribution < -0.4 is 5.32 Å². The van der Waals surface area contributed by atoms with Crippen LogP contribution in [0.15, 0.2) is 29.6 Å². The van der Waals surface area contributed by atoms with Crippen molar-refractivity contribution < 1.29 is 0 Å². The third kappa shape index (κ3) is 1.86. The molecule has 1 aromatic carbocycles. The summed E-state index contributed by atoms with van der Waals surface area (Å²) < 4.78 is 1.37. The van der Waals surface area contributed by atoms with E-state index in [0.29, 0.717) is 0 Å². The molecule has 16 heavy (non-hydrogen) atoms. The van der Waals surface area contributed by atoms with Gasteiger partial charge in [-0.05, 0) is 35.2 Å². The molecule has 0 bridgehead atoms. The number of alkyl halides is 1. The molecule has 0 saturated heterocycles. The largest absolute Gasteiger partial charge is 0.306 e. The summed E-state index contributed by atoms with van der Waals surface area (Å²) >= 11 is 7.77. The summed E-state index contributed by atoms with van der Waals surface area (Å²) in [4.78, 5) is 0. The first-order valence-corrected chi connectivity index (χ1v) is 7.01. The maximum absolute atomic E-state index is 5.95. The Hall–Kier alpha value is -0.570. The molecule has 0 spiro atoms. The van der Waals surface area contributed by atoms with Crippen LogP contribution in [0.1, 0.15) is 18.4 Å². The average Bonchev–Trinajstić information content (AvgIpc) is 3.01. The zero-order valence-corrected chi connectivity index (χ0v) is 10.6. The second-order valence-corrected chi connectivity index (χ2v) is 5.70. The maximum atomic E-state index is 5.95. The van der Waals surface area contributed by atoms with E-state index in [1.807, 2.05) is 11.3 Å². The predicted molar refractivity (Wildman–Crippen MR) is 71.3 cm³/mol. The van der Waals surface area contributed by atoms with Crippen LogP contribution in [0.4, 0.5) is 0 Å². The highest BCUT2D eigenvalue weighted by Crippen LogP contribution is 2.37. The van der Waals surface area contributed by atoms with Crippen molar-refractivity contribution in [3.05, 3.63) is 35.2 Å². The summed E-state index contributed by atoms with van der Waals surface area (Å²) in [5.74, 6) is 0.731. The molecule has 1 fully saturated rings. The fourth-order valence-corrected chi connectivity index (χ4v) is 3.29. The molecule has 2 aromatic rings. The monoisotopic (exact) mass is 251 g/mol. The molecular weight excluding hydrogens is 238 g/mol. The van der Waals surface area contributed by atoms with Crippen molar-refractivity contribution in [3.63, 3.8) is 0 Å². The number of nitrogens with one attached hydrogen (secondary N) is 1. The lowest BCUT2D eigenvalue weighted by Crippen LogP contribution is -2.32. The van der Waals surface area contributed by atoms with Gasteiger partial charge in [-0.2, -0.15) is 0 Å². The van der Waals surface area contributed by atoms with Gasteiger partial charge in [-0.3, -0.25) is 0 Å². The summed E-state index contributed by atoms with van der Waals surface area (Å²) in [7, 11) is 0. The van der Waals surface area contributed by atoms with Crippen molar-refractivity contribution in [1.82, 2.24) is 5.32 Å². The van der Waals surface area contributed by atoms with Crippen molar-refractivity contribution >= 4 is 33.0 Å². The number of benzene rings is 1. The SMILES string of the molecule is ClCC1(NCc2csc3ccccc23)CC1. The lowest BCUT2D eigenvalue weighted by molar-refractivity contribution is 0.545. The van der Waals surface area contributed by atoms with Crippen molar-refractivity contribution in [1.29, 1.82) is 0 Å². The first-order valence-electron chi connectivity index (χ1n) is 5.59. The van der Waals surface area contributed by atoms with Gasteiger partial charge in [0.1, 0.15) is 0 Å². The van der Waals surface area contributed by atoms with Gasteiger partial charge in [0.15, 0.2) is 0 Å². The Labute approximate surface area is 104 Å². The van der Waals surface area contributed by atoms with Crippen molar-refractivity contribution in [2.24, 2.45) is 0 Å². The summed E-state index contributed by atoms with van der Waals surface area (Å²) in [6.45, 7) is 0.941. The molecule has 0 atom stereocenters. The van der Waals surface area contributed by atoms with Gasteiger partial charge in [-0.1, -0.05) is 18.2 Å². The summed E-state index contributed by atoms with van der Waals surface area (Å²) in [6.07, 6.45) is 2.44. The number of hydrogen-bond donors (Lipinski definition) is 1. The number of hydrogen-bond acceptors (Lipinski definition) is 2. The molecule has 1 aliphatic carbocycles. The highest BCUT2D eigenvalue weighted by Gasteiger charge is 2.41. The molecule has 3 heteroatoms. The predicted octanol–water partition coefficient (Wildman–Crippen LogP) is 3.76. The van der Waals surface area contributed by atoms with Gasteiger partial charge in [-0.15, -0.1) is 22.9 Å². The molecule has 0 unspecified atom stereocenters. The van der Waals surface area contributed by atoms with Gasteiger partial charge in [0.05, 0.1) is 0 Å². The Balaban J connectivity index is 1.79. The first-order chi connectivity index (χ1) is 7.83. The van der Waals surface area contributed by atoms with Crippen LogP contribution in [0.5, 0.6) is 0 Å². The summed E-state index contributed by atoms with van der Waals surface area (Å²) in [6, 6.07) is 8.57. The molecule has 84 valence electrons. The van der Waals surface area contributed by atoms with Gasteiger partial charge in [-0.25, -0.2) is 0 Å². The topological polar surface area (TPSA) is 12.0 Å². The molecule has 1 aliphatic rings. The van der Waals surface area contributed by atoms with E-state index < -0.39 is 0 Å². The molecule has 0 radical (unpaired) electrons. The Kier molecular flexibility index (Phi) is 2.66. The highest BCUT2D eigenvalue weighted by atomic mass is 35.5. The average molecular weight is 252 g/mol. The van der Waals surface area contributed by atoms with Crippen LogP contribution >= 0.6 is 22.9 Å². The normalized spacial score (nSPS) is 17.8. The van der Waals surface area contributed by atoms with E-state index in [2.05, 4.69) is 35.0 Å². The summed E-state index contributed by atoms with van der Waals surface area (Å²) in [5.41, 5.74) is 1.64. The van der Waals surface area contributed by atoms with Crippen LogP contribution in [0.25, 0.3) is 10.1 Å². The first kappa shape index (κ1) is 10.6. The molecule has 1 N–H and O–H groups in total. The molecule has 1 heterocycles. The smallest absolute Gasteiger partial charge is 0.0406 e. The number of thiophene rings is 1. The minimum Gasteiger partial charge on any atom is -0.306 e. The van der Waals surface area contributed by atoms with Gasteiger partial charge in [0, 0.05) is 22.7 Å². The number of halogens is 1. The Morgan fingerprint density at radius 1 is 1.31 bits per heavy atom. The Morgan fingerprint density at radius 2 is 2.12 bits per heavy atom. The maximum Gasteiger partial charge on any atom is 0.0406 e. The fourth-order valence-electron chi connectivity index (χ4n) is 1.96. The van der Waals surface area contributed by atoms with Gasteiger partial charge >= 0.3 is 0 Å². The minimum absolute atomic E-state index is 0.241. The van der Waals surface area contributed by atoms with E-state index in [1.54, 1.807) is 0 Å². The highest BCUT2D eigenvalue weighted by molar-refractivity contribution is 7.17. The van der Waals surface area contributed by atoms with Crippen LogP contribution in [-0.4, -0.2) is 11.4 Å². The molecule has 0 amide bonds. The molecule has 1 aromatic heterocycles. The third-order valence-electron chi connectivity index (χ3n) is 3.32. The second-order valence-electron chi connectivity index (χ2n) is 4.52. The van der Waals surface area contributed by atoms with Crippen molar-refractivity contribution in [2.45, 2.75) is 24.9 Å². The molecular formula is C13H14ClNS. The van der Waals surface area contributed by atoms with Gasteiger partial charge in [0.2, 0.25) is 0 Å². The zero-order chi connectivity index (χ0) is 11.0. The van der Waals surface area contributed by atoms with Gasteiger partial charge < -0.3 is 5.32 Å². The quantitative estimate of drug-likeness (QED) is 0.816. The van der Waals surface area contributed by atoms with E-state index in [4.69, 9.17) is 11.6 Å². The van der Waals surface area contributed by atoms with E-state index in [9.17, 15) is 0 Å². The molecule has 0 aliphatic heterocycles. The van der Waals surface area contributed by atoms with E-state index in [-0.39, 0.29) is 5.54 Å². The van der Waals surface area contributed by atoms with Crippen LogP contribution in [0, 0.1) is 0 Å². The Morgan fingerprint density at radius 3 is 2.88 bits per heavy atom. The number of rotatable bonds is 4. The second kappa shape index (κ2) is 4.02. The number of fused-ring (bicyclic) bond motifs is 1. The van der Waals surface area contributed by atoms with Crippen molar-refractivity contribution in [2.75, 3.05) is 5.88 Å². The fraction of sp³-hybridized carbons (Fsp3) is 0.385.